The van der Waals surface area contributed by atoms with E-state index in [9.17, 15) is 4.79 Å². The molecule has 0 spiro atoms. The Morgan fingerprint density at radius 2 is 1.76 bits per heavy atom. The number of hydrogen-bond donors (Lipinski definition) is 1. The molecule has 1 aliphatic rings. The van der Waals surface area contributed by atoms with E-state index in [0.717, 1.165) is 53.9 Å². The second-order valence-corrected chi connectivity index (χ2v) is 8.32. The molecule has 172 valence electrons. The van der Waals surface area contributed by atoms with Crippen molar-refractivity contribution >= 4 is 22.8 Å². The molecular formula is C26H26N6O2. The Hall–Kier alpha value is -4.20. The first-order chi connectivity index (χ1) is 16.6. The first-order valence-electron chi connectivity index (χ1n) is 11.4. The summed E-state index contributed by atoms with van der Waals surface area (Å²) in [6.45, 7) is 5.92. The number of para-hydroxylation sites is 1. The molecule has 8 heteroatoms. The molecule has 2 aromatic heterocycles. The van der Waals surface area contributed by atoms with E-state index in [1.165, 1.54) is 6.33 Å². The van der Waals surface area contributed by atoms with Crippen LogP contribution in [0.5, 0.6) is 11.5 Å². The molecule has 1 fully saturated rings. The first-order valence-corrected chi connectivity index (χ1v) is 11.4. The molecule has 0 aliphatic carbocycles. The summed E-state index contributed by atoms with van der Waals surface area (Å²) >= 11 is 0. The summed E-state index contributed by atoms with van der Waals surface area (Å²) in [4.78, 5) is 22.8. The third-order valence-electron chi connectivity index (χ3n) is 5.96. The first kappa shape index (κ1) is 21.6. The van der Waals surface area contributed by atoms with Crippen molar-refractivity contribution in [2.75, 3.05) is 18.8 Å². The van der Waals surface area contributed by atoms with E-state index in [-0.39, 0.29) is 5.91 Å². The Balaban J connectivity index is 1.37. The molecule has 0 atom stereocenters. The van der Waals surface area contributed by atoms with Gasteiger partial charge >= 0.3 is 0 Å². The van der Waals surface area contributed by atoms with Crippen LogP contribution >= 0.6 is 0 Å². The predicted octanol–water partition coefficient (Wildman–Crippen LogP) is 4.44. The minimum Gasteiger partial charge on any atom is -0.457 e. The van der Waals surface area contributed by atoms with Gasteiger partial charge in [-0.05, 0) is 55.7 Å². The van der Waals surface area contributed by atoms with Crippen molar-refractivity contribution in [3.63, 3.8) is 0 Å². The van der Waals surface area contributed by atoms with Gasteiger partial charge in [0.05, 0.1) is 5.39 Å². The van der Waals surface area contributed by atoms with E-state index in [1.807, 2.05) is 64.2 Å². The average Bonchev–Trinajstić information content (AvgIpc) is 3.23. The van der Waals surface area contributed by atoms with Gasteiger partial charge in [-0.25, -0.2) is 14.6 Å². The van der Waals surface area contributed by atoms with Crippen molar-refractivity contribution in [3.8, 4) is 22.8 Å². The lowest BCUT2D eigenvalue weighted by atomic mass is 10.1. The number of benzene rings is 2. The van der Waals surface area contributed by atoms with Crippen molar-refractivity contribution in [2.45, 2.75) is 25.8 Å². The van der Waals surface area contributed by atoms with Crippen molar-refractivity contribution < 1.29 is 9.53 Å². The van der Waals surface area contributed by atoms with Crippen LogP contribution in [0.4, 0.5) is 5.82 Å². The van der Waals surface area contributed by atoms with Crippen LogP contribution in [0, 0.1) is 0 Å². The van der Waals surface area contributed by atoms with Crippen LogP contribution in [0.25, 0.3) is 22.3 Å². The molecule has 34 heavy (non-hydrogen) atoms. The third kappa shape index (κ3) is 4.34. The van der Waals surface area contributed by atoms with Crippen LogP contribution < -0.4 is 10.5 Å². The Labute approximate surface area is 197 Å². The van der Waals surface area contributed by atoms with Gasteiger partial charge in [0.1, 0.15) is 29.3 Å². The lowest BCUT2D eigenvalue weighted by Gasteiger charge is -2.27. The smallest absolute Gasteiger partial charge is 0.249 e. The molecule has 2 N–H and O–H groups in total. The van der Waals surface area contributed by atoms with Crippen LogP contribution in [0.3, 0.4) is 0 Å². The fourth-order valence-electron chi connectivity index (χ4n) is 4.23. The minimum atomic E-state index is 0.0571. The monoisotopic (exact) mass is 454 g/mol. The molecule has 2 aromatic carbocycles. The number of likely N-dealkylation sites (tertiary alicyclic amines) is 1. The van der Waals surface area contributed by atoms with E-state index in [2.05, 4.69) is 16.5 Å². The summed E-state index contributed by atoms with van der Waals surface area (Å²) < 4.78 is 7.75. The number of amides is 1. The zero-order valence-electron chi connectivity index (χ0n) is 18.9. The maximum atomic E-state index is 12.3. The van der Waals surface area contributed by atoms with Crippen molar-refractivity contribution in [1.82, 2.24) is 24.6 Å². The molecule has 3 heterocycles. The lowest BCUT2D eigenvalue weighted by Crippen LogP contribution is -2.37. The van der Waals surface area contributed by atoms with Gasteiger partial charge in [0.25, 0.3) is 0 Å². The lowest BCUT2D eigenvalue weighted by molar-refractivity contribution is -0.128. The maximum absolute atomic E-state index is 12.3. The van der Waals surface area contributed by atoms with Crippen molar-refractivity contribution in [1.29, 1.82) is 0 Å². The van der Waals surface area contributed by atoms with Crippen LogP contribution in [0.2, 0.25) is 0 Å². The summed E-state index contributed by atoms with van der Waals surface area (Å²) in [6, 6.07) is 17.4. The molecular weight excluding hydrogens is 428 g/mol. The third-order valence-corrected chi connectivity index (χ3v) is 5.96. The highest BCUT2D eigenvalue weighted by molar-refractivity contribution is 5.98. The topological polar surface area (TPSA) is 99.2 Å². The number of nitrogens with two attached hydrogens (primary N) is 1. The fourth-order valence-corrected chi connectivity index (χ4v) is 4.23. The molecule has 0 radical (unpaired) electrons. The number of aromatic nitrogens is 4. The second kappa shape index (κ2) is 9.35. The van der Waals surface area contributed by atoms with Crippen molar-refractivity contribution in [3.05, 3.63) is 73.1 Å². The Morgan fingerprint density at radius 3 is 2.56 bits per heavy atom. The number of hydrogen-bond acceptors (Lipinski definition) is 6. The molecule has 1 aliphatic heterocycles. The van der Waals surface area contributed by atoms with E-state index < -0.39 is 0 Å². The van der Waals surface area contributed by atoms with Gasteiger partial charge in [0.15, 0.2) is 5.65 Å². The molecule has 0 saturated carbocycles. The SMILES string of the molecule is C=C1CCCN(CCCn2nc(-c3ccc(Oc4ccccc4)cc3)c3c(N)ncnc32)C1=O. The Bertz CT molecular complexity index is 1330. The minimum absolute atomic E-state index is 0.0571. The van der Waals surface area contributed by atoms with E-state index in [0.29, 0.717) is 30.1 Å². The quantitative estimate of drug-likeness (QED) is 0.415. The summed E-state index contributed by atoms with van der Waals surface area (Å²) in [5, 5.41) is 5.55. The molecule has 5 rings (SSSR count). The number of aryl methyl sites for hydroxylation is 1. The number of nitrogens with zero attached hydrogens (tertiary/aromatic N) is 5. The predicted molar refractivity (Wildman–Crippen MR) is 131 cm³/mol. The standard InChI is InChI=1S/C26H26N6O2/c1-18-7-5-14-31(26(18)33)15-6-16-32-25-22(24(27)28-17-29-25)23(30-32)19-10-12-21(13-11-19)34-20-8-3-2-4-9-20/h2-4,8-13,17H,1,5-7,14-16H2,(H2,27,28,29). The van der Waals surface area contributed by atoms with Gasteiger partial charge < -0.3 is 15.4 Å². The largest absolute Gasteiger partial charge is 0.457 e. The van der Waals surface area contributed by atoms with Crippen LogP contribution in [-0.2, 0) is 11.3 Å². The maximum Gasteiger partial charge on any atom is 0.249 e. The average molecular weight is 455 g/mol. The van der Waals surface area contributed by atoms with Crippen LogP contribution in [0.15, 0.2) is 73.1 Å². The van der Waals surface area contributed by atoms with Gasteiger partial charge in [0.2, 0.25) is 5.91 Å². The number of carbonyl (C=O) groups is 1. The Morgan fingerprint density at radius 1 is 1.00 bits per heavy atom. The summed E-state index contributed by atoms with van der Waals surface area (Å²) in [7, 11) is 0. The number of piperidine rings is 1. The normalized spacial score (nSPS) is 14.1. The second-order valence-electron chi connectivity index (χ2n) is 8.32. The van der Waals surface area contributed by atoms with Gasteiger partial charge in [-0.2, -0.15) is 5.10 Å². The van der Waals surface area contributed by atoms with Gasteiger partial charge in [0, 0.05) is 30.8 Å². The molecule has 8 nitrogen and oxygen atoms in total. The number of ether oxygens (including phenoxy) is 1. The zero-order chi connectivity index (χ0) is 23.5. The highest BCUT2D eigenvalue weighted by Gasteiger charge is 2.22. The highest BCUT2D eigenvalue weighted by Crippen LogP contribution is 2.32. The summed E-state index contributed by atoms with van der Waals surface area (Å²) in [5.41, 5.74) is 9.22. The zero-order valence-corrected chi connectivity index (χ0v) is 18.9. The highest BCUT2D eigenvalue weighted by atomic mass is 16.5. The van der Waals surface area contributed by atoms with E-state index >= 15 is 0 Å². The van der Waals surface area contributed by atoms with Gasteiger partial charge in [-0.1, -0.05) is 24.8 Å². The van der Waals surface area contributed by atoms with Gasteiger partial charge in [-0.3, -0.25) is 4.79 Å². The molecule has 1 amide bonds. The number of carbonyl (C=O) groups excluding carboxylic acids is 1. The number of fused-ring (bicyclic) bond motifs is 1. The molecule has 1 saturated heterocycles. The van der Waals surface area contributed by atoms with E-state index in [4.69, 9.17) is 15.6 Å². The van der Waals surface area contributed by atoms with E-state index in [1.54, 1.807) is 0 Å². The number of rotatable bonds is 7. The molecule has 0 unspecified atom stereocenters. The number of nitrogen functional groups attached to an aromatic ring is 1. The number of anilines is 1. The molecule has 0 bridgehead atoms. The van der Waals surface area contributed by atoms with Crippen LogP contribution in [-0.4, -0.2) is 43.6 Å². The summed E-state index contributed by atoms with van der Waals surface area (Å²) in [5.74, 6) is 1.95. The van der Waals surface area contributed by atoms with Gasteiger partial charge in [-0.15, -0.1) is 0 Å². The molecule has 4 aromatic rings. The van der Waals surface area contributed by atoms with Crippen molar-refractivity contribution in [2.24, 2.45) is 0 Å². The van der Waals surface area contributed by atoms with Crippen LogP contribution in [0.1, 0.15) is 19.3 Å². The summed E-state index contributed by atoms with van der Waals surface area (Å²) in [6.07, 6.45) is 3.96. The fraction of sp³-hybridized carbons (Fsp3) is 0.231. The Kier molecular flexibility index (Phi) is 5.95.